The van der Waals surface area contributed by atoms with Gasteiger partial charge < -0.3 is 32.5 Å². The second kappa shape index (κ2) is 11.5. The topological polar surface area (TPSA) is 200 Å². The molecule has 0 aromatic carbocycles. The third-order valence-corrected chi connectivity index (χ3v) is 9.30. The van der Waals surface area contributed by atoms with Crippen molar-refractivity contribution in [2.75, 3.05) is 29.7 Å². The number of nitrogens with one attached hydrogen (secondary N) is 2. The van der Waals surface area contributed by atoms with Crippen molar-refractivity contribution in [3.8, 4) is 0 Å². The number of hydrogen-bond donors (Lipinski definition) is 6. The van der Waals surface area contributed by atoms with Crippen molar-refractivity contribution in [3.05, 3.63) is 45.1 Å². The average Bonchev–Trinajstić information content (AvgIpc) is 3.29. The number of fused-ring (bicyclic) bond motifs is 1. The number of aromatic nitrogens is 1. The number of allylic oxidation sites excluding steroid dienone is 2. The fourth-order valence-corrected chi connectivity index (χ4v) is 7.32. The van der Waals surface area contributed by atoms with Gasteiger partial charge >= 0.3 is 5.97 Å². The maximum atomic E-state index is 13.0. The van der Waals surface area contributed by atoms with Crippen LogP contribution in [0.1, 0.15) is 5.69 Å². The van der Waals surface area contributed by atoms with E-state index >= 15 is 0 Å². The molecule has 1 aromatic rings. The van der Waals surface area contributed by atoms with Gasteiger partial charge in [-0.1, -0.05) is 16.9 Å². The highest BCUT2D eigenvalue weighted by atomic mass is 32.2. The van der Waals surface area contributed by atoms with Crippen LogP contribution in [0.25, 0.3) is 0 Å². The number of rotatable bonds is 10. The zero-order chi connectivity index (χ0) is 25.8. The molecule has 0 bridgehead atoms. The molecule has 17 heteroatoms. The van der Waals surface area contributed by atoms with E-state index in [1.807, 2.05) is 17.2 Å². The van der Waals surface area contributed by atoms with Crippen LogP contribution in [-0.2, 0) is 14.4 Å². The Morgan fingerprint density at radius 2 is 2.22 bits per heavy atom. The number of thioether (sulfide) groups is 3. The van der Waals surface area contributed by atoms with Crippen LogP contribution in [0, 0.1) is 0 Å². The minimum absolute atomic E-state index is 0.0693. The Morgan fingerprint density at radius 3 is 2.89 bits per heavy atom. The number of oxime groups is 1. The third-order valence-electron chi connectivity index (χ3n) is 5.04. The second-order valence-corrected chi connectivity index (χ2v) is 11.5. The molecule has 2 amide bonds. The highest BCUT2D eigenvalue weighted by Crippen LogP contribution is 2.45. The Morgan fingerprint density at radius 1 is 1.42 bits per heavy atom. The molecule has 13 nitrogen and oxygen atoms in total. The lowest BCUT2D eigenvalue weighted by Crippen LogP contribution is -2.71. The first-order valence-electron chi connectivity index (χ1n) is 10.4. The van der Waals surface area contributed by atoms with Crippen LogP contribution < -0.4 is 22.2 Å². The van der Waals surface area contributed by atoms with Crippen LogP contribution in [0.4, 0.5) is 5.13 Å². The largest absolute Gasteiger partial charge is 0.477 e. The normalized spacial score (nSPS) is 21.5. The number of carboxylic acids is 1. The molecule has 0 radical (unpaired) electrons. The van der Waals surface area contributed by atoms with E-state index in [-0.39, 0.29) is 16.5 Å². The first-order valence-corrected chi connectivity index (χ1v) is 14.3. The number of aliphatic carboxylic acids is 1. The van der Waals surface area contributed by atoms with E-state index in [9.17, 15) is 24.7 Å². The van der Waals surface area contributed by atoms with E-state index < -0.39 is 34.9 Å². The average molecular weight is 571 g/mol. The summed E-state index contributed by atoms with van der Waals surface area (Å²) in [6.07, 6.45) is 5.43. The zero-order valence-corrected chi connectivity index (χ0v) is 21.8. The van der Waals surface area contributed by atoms with Crippen molar-refractivity contribution in [3.63, 3.8) is 0 Å². The van der Waals surface area contributed by atoms with E-state index in [0.717, 1.165) is 22.1 Å². The van der Waals surface area contributed by atoms with Crippen LogP contribution >= 0.6 is 46.6 Å². The molecule has 1 fully saturated rings. The van der Waals surface area contributed by atoms with Crippen molar-refractivity contribution >= 4 is 75.2 Å². The predicted molar refractivity (Wildman–Crippen MR) is 141 cm³/mol. The number of carbonyl (C=O) groups excluding carboxylic acids is 2. The van der Waals surface area contributed by atoms with E-state index in [4.69, 9.17) is 11.5 Å². The number of β-lactam (4-membered cyclic amide) rings is 1. The van der Waals surface area contributed by atoms with Crippen molar-refractivity contribution in [2.45, 2.75) is 11.4 Å². The molecule has 1 saturated heterocycles. The molecule has 4 rings (SSSR count). The number of nitrogen functional groups attached to an aromatic ring is 1. The molecular formula is C19H22N8O5S4. The summed E-state index contributed by atoms with van der Waals surface area (Å²) in [7, 11) is 0. The molecular weight excluding hydrogens is 549 g/mol. The first kappa shape index (κ1) is 26.2. The lowest BCUT2D eigenvalue weighted by Gasteiger charge is -2.49. The van der Waals surface area contributed by atoms with E-state index in [1.165, 1.54) is 33.8 Å². The van der Waals surface area contributed by atoms with Gasteiger partial charge in [0.15, 0.2) is 10.8 Å². The number of hydrazine groups is 1. The SMILES string of the molecule is NCCSCN1NC=CC=C1SC1=C(C(=O)O)N2C(=O)[C@@H](NC(=O)/C(=N\O)c3csc(N)n3)[C@@H]2SC1. The molecule has 0 spiro atoms. The Labute approximate surface area is 222 Å². The number of amides is 2. The lowest BCUT2D eigenvalue weighted by atomic mass is 10.0. The summed E-state index contributed by atoms with van der Waals surface area (Å²) in [5, 5.41) is 28.4. The van der Waals surface area contributed by atoms with Crippen LogP contribution in [0.3, 0.4) is 0 Å². The van der Waals surface area contributed by atoms with Gasteiger partial charge in [0.05, 0.1) is 10.9 Å². The number of carbonyl (C=O) groups is 3. The highest BCUT2D eigenvalue weighted by molar-refractivity contribution is 8.09. The van der Waals surface area contributed by atoms with Crippen molar-refractivity contribution in [2.24, 2.45) is 10.9 Å². The maximum Gasteiger partial charge on any atom is 0.353 e. The molecule has 3 aliphatic heterocycles. The highest BCUT2D eigenvalue weighted by Gasteiger charge is 2.54. The summed E-state index contributed by atoms with van der Waals surface area (Å²) < 4.78 is 0. The van der Waals surface area contributed by atoms with Gasteiger partial charge in [0.25, 0.3) is 11.8 Å². The van der Waals surface area contributed by atoms with Crippen molar-refractivity contribution < 1.29 is 24.7 Å². The van der Waals surface area contributed by atoms with Gasteiger partial charge in [-0.3, -0.25) is 19.5 Å². The molecule has 0 saturated carbocycles. The van der Waals surface area contributed by atoms with Gasteiger partial charge in [0, 0.05) is 34.5 Å². The Hall–Kier alpha value is -2.86. The van der Waals surface area contributed by atoms with Crippen LogP contribution in [0.15, 0.2) is 44.5 Å². The van der Waals surface area contributed by atoms with Gasteiger partial charge in [0.2, 0.25) is 0 Å². The van der Waals surface area contributed by atoms with Crippen LogP contribution in [0.2, 0.25) is 0 Å². The number of carboxylic acid groups (broad SMARTS) is 1. The fraction of sp³-hybridized carbons (Fsp3) is 0.316. The number of anilines is 1. The Balaban J connectivity index is 1.48. The minimum atomic E-state index is -1.24. The summed E-state index contributed by atoms with van der Waals surface area (Å²) in [5.74, 6) is -0.937. The Bertz CT molecular complexity index is 1180. The van der Waals surface area contributed by atoms with Crippen molar-refractivity contribution in [1.82, 2.24) is 25.6 Å². The standard InChI is InChI=1S/C19H22N8O5S4/c20-3-5-33-8-26-11(2-1-4-22-26)36-10-7-34-17-13(16(29)27(17)14(10)18(30)31)24-15(28)12(25-32)9-6-35-19(21)23-9/h1-2,4,6,13,17,22,32H,3,5,7-8,20H2,(H2,21,23)(H,24,28)(H,30,31)/b25-12-/t13-,17+/m1/s1. The van der Waals surface area contributed by atoms with Crippen LogP contribution in [0.5, 0.6) is 0 Å². The molecule has 36 heavy (non-hydrogen) atoms. The minimum Gasteiger partial charge on any atom is -0.477 e. The van der Waals surface area contributed by atoms with Crippen LogP contribution in [-0.4, -0.2) is 84.0 Å². The number of thiazole rings is 1. The number of nitrogens with two attached hydrogens (primary N) is 2. The summed E-state index contributed by atoms with van der Waals surface area (Å²) in [6.45, 7) is 0.547. The lowest BCUT2D eigenvalue weighted by molar-refractivity contribution is -0.150. The van der Waals surface area contributed by atoms with Gasteiger partial charge in [-0.2, -0.15) is 0 Å². The van der Waals surface area contributed by atoms with Gasteiger partial charge in [-0.05, 0) is 12.2 Å². The molecule has 3 aliphatic rings. The maximum absolute atomic E-state index is 13.0. The van der Waals surface area contributed by atoms with Crippen molar-refractivity contribution in [1.29, 1.82) is 0 Å². The second-order valence-electron chi connectivity index (χ2n) is 7.31. The molecule has 0 unspecified atom stereocenters. The number of hydrogen-bond acceptors (Lipinski definition) is 14. The van der Waals surface area contributed by atoms with Gasteiger partial charge in [-0.25, -0.2) is 9.78 Å². The third kappa shape index (κ3) is 5.29. The molecule has 4 heterocycles. The summed E-state index contributed by atoms with van der Waals surface area (Å²) in [6, 6.07) is -0.987. The molecule has 0 aliphatic carbocycles. The van der Waals surface area contributed by atoms with E-state index in [0.29, 0.717) is 23.1 Å². The Kier molecular flexibility index (Phi) is 8.35. The quantitative estimate of drug-likeness (QED) is 0.0731. The summed E-state index contributed by atoms with van der Waals surface area (Å²) in [5.41, 5.74) is 13.8. The number of nitrogens with zero attached hydrogens (tertiary/aromatic N) is 4. The van der Waals surface area contributed by atoms with E-state index in [1.54, 1.807) is 18.0 Å². The molecule has 1 aromatic heterocycles. The summed E-state index contributed by atoms with van der Waals surface area (Å²) in [4.78, 5) is 43.4. The fourth-order valence-electron chi connectivity index (χ4n) is 3.46. The molecule has 8 N–H and O–H groups in total. The first-order chi connectivity index (χ1) is 17.3. The molecule has 2 atom stereocenters. The van der Waals surface area contributed by atoms with Gasteiger partial charge in [0.1, 0.15) is 22.8 Å². The predicted octanol–water partition coefficient (Wildman–Crippen LogP) is 0.158. The smallest absolute Gasteiger partial charge is 0.353 e. The summed E-state index contributed by atoms with van der Waals surface area (Å²) >= 11 is 5.29. The van der Waals surface area contributed by atoms with Gasteiger partial charge in [-0.15, -0.1) is 34.9 Å². The zero-order valence-electron chi connectivity index (χ0n) is 18.5. The molecule has 192 valence electrons. The van der Waals surface area contributed by atoms with E-state index in [2.05, 4.69) is 20.9 Å². The monoisotopic (exact) mass is 570 g/mol.